The molecule has 0 saturated carbocycles. The predicted molar refractivity (Wildman–Crippen MR) is 77.6 cm³/mol. The molecule has 0 aliphatic carbocycles. The van der Waals surface area contributed by atoms with Gasteiger partial charge in [0, 0.05) is 19.1 Å². The van der Waals surface area contributed by atoms with Crippen LogP contribution in [-0.2, 0) is 16.6 Å². The number of hydrogen-bond acceptors (Lipinski definition) is 4. The molecule has 3 aliphatic rings. The second kappa shape index (κ2) is 5.44. The standard InChI is InChI=1S/C14H21N3O2S/c15-9-11-1-3-13(4-2-11)20(18,19)16-14-10-17-7-5-12(14)6-8-17/h1-4,12,14,16H,5-10,15H2. The third-order valence-corrected chi connectivity index (χ3v) is 5.94. The van der Waals surface area contributed by atoms with E-state index in [2.05, 4.69) is 9.62 Å². The monoisotopic (exact) mass is 295 g/mol. The van der Waals surface area contributed by atoms with Gasteiger partial charge in [0.1, 0.15) is 0 Å². The third kappa shape index (κ3) is 2.74. The first kappa shape index (κ1) is 14.0. The van der Waals surface area contributed by atoms with E-state index in [9.17, 15) is 8.42 Å². The zero-order valence-electron chi connectivity index (χ0n) is 11.5. The van der Waals surface area contributed by atoms with Crippen LogP contribution in [0.4, 0.5) is 0 Å². The van der Waals surface area contributed by atoms with E-state index in [-0.39, 0.29) is 6.04 Å². The van der Waals surface area contributed by atoms with Crippen molar-refractivity contribution in [3.8, 4) is 0 Å². The molecule has 5 nitrogen and oxygen atoms in total. The van der Waals surface area contributed by atoms with E-state index in [0.29, 0.717) is 17.4 Å². The second-order valence-corrected chi connectivity index (χ2v) is 7.43. The van der Waals surface area contributed by atoms with Crippen LogP contribution in [0.5, 0.6) is 0 Å². The van der Waals surface area contributed by atoms with Gasteiger partial charge in [-0.2, -0.15) is 0 Å². The minimum absolute atomic E-state index is 0.0525. The topological polar surface area (TPSA) is 75.4 Å². The van der Waals surface area contributed by atoms with Gasteiger partial charge in [-0.3, -0.25) is 0 Å². The van der Waals surface area contributed by atoms with Gasteiger partial charge in [-0.05, 0) is 49.5 Å². The molecule has 0 amide bonds. The van der Waals surface area contributed by atoms with Gasteiger partial charge in [-0.1, -0.05) is 12.1 Å². The maximum atomic E-state index is 12.4. The number of benzene rings is 1. The van der Waals surface area contributed by atoms with E-state index in [1.807, 2.05) is 0 Å². The summed E-state index contributed by atoms with van der Waals surface area (Å²) in [7, 11) is -3.42. The van der Waals surface area contributed by atoms with Crippen LogP contribution in [0, 0.1) is 5.92 Å². The van der Waals surface area contributed by atoms with E-state index in [1.54, 1.807) is 24.3 Å². The van der Waals surface area contributed by atoms with Crippen molar-refractivity contribution < 1.29 is 8.42 Å². The molecule has 20 heavy (non-hydrogen) atoms. The van der Waals surface area contributed by atoms with Crippen molar-refractivity contribution in [3.05, 3.63) is 29.8 Å². The van der Waals surface area contributed by atoms with Gasteiger partial charge in [0.05, 0.1) is 4.90 Å². The summed E-state index contributed by atoms with van der Waals surface area (Å²) in [5.41, 5.74) is 6.47. The third-order valence-electron chi connectivity index (χ3n) is 4.43. The second-order valence-electron chi connectivity index (χ2n) is 5.71. The van der Waals surface area contributed by atoms with E-state index in [4.69, 9.17) is 5.73 Å². The zero-order chi connectivity index (χ0) is 14.2. The summed E-state index contributed by atoms with van der Waals surface area (Å²) in [6.45, 7) is 3.47. The lowest BCUT2D eigenvalue weighted by atomic mass is 9.85. The fourth-order valence-corrected chi connectivity index (χ4v) is 4.47. The number of nitrogens with two attached hydrogens (primary N) is 1. The molecule has 1 aromatic carbocycles. The molecule has 3 N–H and O–H groups in total. The van der Waals surface area contributed by atoms with Gasteiger partial charge in [-0.15, -0.1) is 0 Å². The van der Waals surface area contributed by atoms with Crippen LogP contribution < -0.4 is 10.5 Å². The van der Waals surface area contributed by atoms with Crippen LogP contribution in [0.15, 0.2) is 29.2 Å². The number of sulfonamides is 1. The lowest BCUT2D eigenvalue weighted by molar-refractivity contribution is 0.0827. The molecule has 4 rings (SSSR count). The lowest BCUT2D eigenvalue weighted by Gasteiger charge is -2.44. The Labute approximate surface area is 120 Å². The maximum Gasteiger partial charge on any atom is 0.240 e. The lowest BCUT2D eigenvalue weighted by Crippen LogP contribution is -2.57. The summed E-state index contributed by atoms with van der Waals surface area (Å²) in [6, 6.07) is 6.85. The van der Waals surface area contributed by atoms with Crippen LogP contribution in [-0.4, -0.2) is 39.0 Å². The minimum atomic E-state index is -3.42. The van der Waals surface area contributed by atoms with Gasteiger partial charge in [-0.25, -0.2) is 13.1 Å². The average molecular weight is 295 g/mol. The summed E-state index contributed by atoms with van der Waals surface area (Å²) in [5.74, 6) is 0.484. The van der Waals surface area contributed by atoms with Gasteiger partial charge in [0.15, 0.2) is 0 Å². The van der Waals surface area contributed by atoms with E-state index < -0.39 is 10.0 Å². The Bertz CT molecular complexity index is 563. The van der Waals surface area contributed by atoms with Crippen molar-refractivity contribution in [1.29, 1.82) is 0 Å². The number of rotatable bonds is 4. The highest BCUT2D eigenvalue weighted by molar-refractivity contribution is 7.89. The predicted octanol–water partition coefficient (Wildman–Crippen LogP) is 0.518. The molecular weight excluding hydrogens is 274 g/mol. The van der Waals surface area contributed by atoms with Crippen LogP contribution in [0.3, 0.4) is 0 Å². The molecule has 0 spiro atoms. The first-order valence-electron chi connectivity index (χ1n) is 7.12. The van der Waals surface area contributed by atoms with Crippen LogP contribution in [0.2, 0.25) is 0 Å². The van der Waals surface area contributed by atoms with Crippen molar-refractivity contribution in [1.82, 2.24) is 9.62 Å². The first-order chi connectivity index (χ1) is 9.58. The summed E-state index contributed by atoms with van der Waals surface area (Å²) >= 11 is 0. The molecule has 0 radical (unpaired) electrons. The normalized spacial score (nSPS) is 29.6. The van der Waals surface area contributed by atoms with Crippen molar-refractivity contribution in [2.75, 3.05) is 19.6 Å². The van der Waals surface area contributed by atoms with Crippen molar-refractivity contribution in [2.45, 2.75) is 30.3 Å². The number of hydrogen-bond donors (Lipinski definition) is 2. The van der Waals surface area contributed by atoms with E-state index in [1.165, 1.54) is 0 Å². The molecular formula is C14H21N3O2S. The Balaban J connectivity index is 1.74. The minimum Gasteiger partial charge on any atom is -0.326 e. The highest BCUT2D eigenvalue weighted by Gasteiger charge is 2.36. The van der Waals surface area contributed by atoms with Crippen molar-refractivity contribution >= 4 is 10.0 Å². The Morgan fingerprint density at radius 1 is 1.20 bits per heavy atom. The highest BCUT2D eigenvalue weighted by Crippen LogP contribution is 2.28. The molecule has 1 aromatic rings. The molecule has 1 unspecified atom stereocenters. The SMILES string of the molecule is NCc1ccc(S(=O)(=O)NC2CN3CCC2CC3)cc1. The number of nitrogens with one attached hydrogen (secondary N) is 1. The number of piperidine rings is 3. The zero-order valence-corrected chi connectivity index (χ0v) is 12.3. The summed E-state index contributed by atoms with van der Waals surface area (Å²) < 4.78 is 27.7. The molecule has 0 aromatic heterocycles. The molecule has 6 heteroatoms. The summed E-state index contributed by atoms with van der Waals surface area (Å²) in [4.78, 5) is 2.66. The molecule has 3 saturated heterocycles. The Morgan fingerprint density at radius 2 is 1.85 bits per heavy atom. The fraction of sp³-hybridized carbons (Fsp3) is 0.571. The van der Waals surface area contributed by atoms with Crippen LogP contribution in [0.1, 0.15) is 18.4 Å². The Morgan fingerprint density at radius 3 is 2.35 bits per heavy atom. The van der Waals surface area contributed by atoms with Gasteiger partial charge < -0.3 is 10.6 Å². The van der Waals surface area contributed by atoms with Gasteiger partial charge in [0.25, 0.3) is 0 Å². The molecule has 110 valence electrons. The Kier molecular flexibility index (Phi) is 3.81. The molecule has 3 aliphatic heterocycles. The van der Waals surface area contributed by atoms with E-state index >= 15 is 0 Å². The molecule has 3 heterocycles. The molecule has 3 fully saturated rings. The number of nitrogens with zero attached hydrogens (tertiary/aromatic N) is 1. The summed E-state index contributed by atoms with van der Waals surface area (Å²) in [6.07, 6.45) is 2.19. The van der Waals surface area contributed by atoms with Crippen molar-refractivity contribution in [3.63, 3.8) is 0 Å². The van der Waals surface area contributed by atoms with Crippen molar-refractivity contribution in [2.24, 2.45) is 11.7 Å². The summed E-state index contributed by atoms with van der Waals surface area (Å²) in [5, 5.41) is 0. The Hall–Kier alpha value is -0.950. The highest BCUT2D eigenvalue weighted by atomic mass is 32.2. The largest absolute Gasteiger partial charge is 0.326 e. The van der Waals surface area contributed by atoms with Crippen LogP contribution >= 0.6 is 0 Å². The maximum absolute atomic E-state index is 12.4. The number of fused-ring (bicyclic) bond motifs is 3. The average Bonchev–Trinajstić information content (AvgIpc) is 2.48. The molecule has 2 bridgehead atoms. The smallest absolute Gasteiger partial charge is 0.240 e. The first-order valence-corrected chi connectivity index (χ1v) is 8.60. The quantitative estimate of drug-likeness (QED) is 0.849. The van der Waals surface area contributed by atoms with E-state index in [0.717, 1.165) is 38.0 Å². The molecule has 1 atom stereocenters. The van der Waals surface area contributed by atoms with Gasteiger partial charge in [0.2, 0.25) is 10.0 Å². The fourth-order valence-electron chi connectivity index (χ4n) is 3.17. The van der Waals surface area contributed by atoms with Gasteiger partial charge >= 0.3 is 0 Å². The van der Waals surface area contributed by atoms with Crippen LogP contribution in [0.25, 0.3) is 0 Å².